The zero-order valence-corrected chi connectivity index (χ0v) is 22.0. The predicted octanol–water partition coefficient (Wildman–Crippen LogP) is 6.33. The molecule has 0 bridgehead atoms. The van der Waals surface area contributed by atoms with E-state index in [0.29, 0.717) is 12.3 Å². The standard InChI is InChI=1S/C30H44O4/c1-25(2)13-15-30(24(33)34)16-14-28(5)19(20(30)17-25)7-8-22-26(3)11-10-23(32)27(4,18-31)21(26)9-12-29(22,28)6/h7-8,18,21-23,32H,9-17H2,1-6H3,(H,33,34)/t21?,22?,23-,26+,27+,28-,29-,30+/m1/s1. The molecule has 0 heterocycles. The highest BCUT2D eigenvalue weighted by Gasteiger charge is 2.68. The molecular weight excluding hydrogens is 424 g/mol. The number of carbonyl (C=O) groups is 2. The molecule has 0 aromatic heterocycles. The van der Waals surface area contributed by atoms with Crippen LogP contribution in [0.15, 0.2) is 23.3 Å². The van der Waals surface area contributed by atoms with Gasteiger partial charge in [0, 0.05) is 0 Å². The molecule has 0 saturated heterocycles. The van der Waals surface area contributed by atoms with Crippen molar-refractivity contribution in [1.82, 2.24) is 0 Å². The van der Waals surface area contributed by atoms with Gasteiger partial charge in [0.1, 0.15) is 6.29 Å². The van der Waals surface area contributed by atoms with Crippen LogP contribution in [0.3, 0.4) is 0 Å². The highest BCUT2D eigenvalue weighted by Crippen LogP contribution is 2.74. The number of aliphatic hydroxyl groups is 1. The Balaban J connectivity index is 1.68. The van der Waals surface area contributed by atoms with E-state index in [1.165, 1.54) is 11.1 Å². The SMILES string of the molecule is CC1(C)CC[C@]2(C(=O)O)CC[C@]3(C)C(=C2C1)C=CC1[C@@]2(C)CC[C@@H](O)[C@@](C)(C=O)C2CC[C@]13C. The van der Waals surface area contributed by atoms with Crippen LogP contribution in [0, 0.1) is 44.3 Å². The quantitative estimate of drug-likeness (QED) is 0.464. The van der Waals surface area contributed by atoms with Crippen LogP contribution in [0.25, 0.3) is 0 Å². The monoisotopic (exact) mass is 468 g/mol. The van der Waals surface area contributed by atoms with Crippen LogP contribution in [-0.2, 0) is 9.59 Å². The number of hydrogen-bond donors (Lipinski definition) is 2. The molecule has 3 fully saturated rings. The molecule has 0 radical (unpaired) electrons. The third-order valence-electron chi connectivity index (χ3n) is 12.4. The Kier molecular flexibility index (Phi) is 5.06. The van der Waals surface area contributed by atoms with Crippen molar-refractivity contribution in [1.29, 1.82) is 0 Å². The zero-order valence-electron chi connectivity index (χ0n) is 22.0. The second kappa shape index (κ2) is 7.08. The molecular formula is C30H44O4. The molecule has 8 atom stereocenters. The van der Waals surface area contributed by atoms with Gasteiger partial charge in [-0.1, -0.05) is 53.7 Å². The van der Waals surface area contributed by atoms with Gasteiger partial charge in [-0.2, -0.15) is 0 Å². The predicted molar refractivity (Wildman–Crippen MR) is 133 cm³/mol. The third kappa shape index (κ3) is 2.75. The lowest BCUT2D eigenvalue weighted by molar-refractivity contribution is -0.186. The van der Waals surface area contributed by atoms with E-state index in [9.17, 15) is 19.8 Å². The molecule has 3 saturated carbocycles. The summed E-state index contributed by atoms with van der Waals surface area (Å²) in [5, 5.41) is 21.3. The van der Waals surface area contributed by atoms with Gasteiger partial charge in [0.2, 0.25) is 0 Å². The van der Waals surface area contributed by atoms with Crippen molar-refractivity contribution in [2.24, 2.45) is 44.3 Å². The Morgan fingerprint density at radius 1 is 0.971 bits per heavy atom. The number of carboxylic acid groups (broad SMARTS) is 1. The summed E-state index contributed by atoms with van der Waals surface area (Å²) in [7, 11) is 0. The van der Waals surface area contributed by atoms with Gasteiger partial charge in [0.15, 0.2) is 0 Å². The average molecular weight is 469 g/mol. The second-order valence-corrected chi connectivity index (χ2v) is 14.3. The molecule has 0 aromatic rings. The summed E-state index contributed by atoms with van der Waals surface area (Å²) in [6.07, 6.45) is 13.0. The maximum Gasteiger partial charge on any atom is 0.313 e. The van der Waals surface area contributed by atoms with Gasteiger partial charge >= 0.3 is 5.97 Å². The number of aldehydes is 1. The van der Waals surface area contributed by atoms with Crippen molar-refractivity contribution >= 4 is 12.3 Å². The first-order valence-electron chi connectivity index (χ1n) is 13.5. The Bertz CT molecular complexity index is 992. The Hall–Kier alpha value is -1.42. The van der Waals surface area contributed by atoms with Gasteiger partial charge in [-0.3, -0.25) is 4.79 Å². The van der Waals surface area contributed by atoms with Crippen LogP contribution >= 0.6 is 0 Å². The summed E-state index contributed by atoms with van der Waals surface area (Å²) in [4.78, 5) is 25.0. The molecule has 0 amide bonds. The number of carbonyl (C=O) groups excluding carboxylic acids is 1. The number of aliphatic hydroxyl groups excluding tert-OH is 1. The second-order valence-electron chi connectivity index (χ2n) is 14.3. The molecule has 4 heteroatoms. The van der Waals surface area contributed by atoms with Gasteiger partial charge < -0.3 is 15.0 Å². The van der Waals surface area contributed by atoms with Crippen LogP contribution in [0.1, 0.15) is 99.3 Å². The van der Waals surface area contributed by atoms with Crippen LogP contribution in [0.5, 0.6) is 0 Å². The van der Waals surface area contributed by atoms with E-state index < -0.39 is 22.9 Å². The van der Waals surface area contributed by atoms with E-state index in [0.717, 1.165) is 57.7 Å². The van der Waals surface area contributed by atoms with Gasteiger partial charge in [-0.05, 0) is 102 Å². The number of fused-ring (bicyclic) bond motifs is 6. The van der Waals surface area contributed by atoms with Crippen LogP contribution in [0.4, 0.5) is 0 Å². The number of hydrogen-bond acceptors (Lipinski definition) is 3. The topological polar surface area (TPSA) is 74.6 Å². The first-order valence-corrected chi connectivity index (χ1v) is 13.5. The van der Waals surface area contributed by atoms with Gasteiger partial charge in [0.25, 0.3) is 0 Å². The number of aliphatic carboxylic acids is 1. The molecule has 5 rings (SSSR count). The lowest BCUT2D eigenvalue weighted by Crippen LogP contribution is -2.64. The van der Waals surface area contributed by atoms with Crippen molar-refractivity contribution in [2.75, 3.05) is 0 Å². The van der Waals surface area contributed by atoms with Crippen molar-refractivity contribution in [3.63, 3.8) is 0 Å². The highest BCUT2D eigenvalue weighted by molar-refractivity contribution is 5.80. The van der Waals surface area contributed by atoms with Crippen molar-refractivity contribution in [3.05, 3.63) is 23.3 Å². The highest BCUT2D eigenvalue weighted by atomic mass is 16.4. The number of rotatable bonds is 2. The average Bonchev–Trinajstić information content (AvgIpc) is 2.76. The van der Waals surface area contributed by atoms with E-state index >= 15 is 0 Å². The molecule has 0 aromatic carbocycles. The Labute approximate surface area is 205 Å². The lowest BCUT2D eigenvalue weighted by atomic mass is 9.35. The molecule has 5 aliphatic rings. The molecule has 34 heavy (non-hydrogen) atoms. The Morgan fingerprint density at radius 2 is 1.65 bits per heavy atom. The fourth-order valence-corrected chi connectivity index (χ4v) is 9.84. The molecule has 0 aliphatic heterocycles. The van der Waals surface area contributed by atoms with Crippen LogP contribution in [0.2, 0.25) is 0 Å². The molecule has 2 N–H and O–H groups in total. The minimum Gasteiger partial charge on any atom is -0.481 e. The van der Waals surface area contributed by atoms with E-state index in [1.54, 1.807) is 0 Å². The van der Waals surface area contributed by atoms with Gasteiger partial charge in [-0.25, -0.2) is 0 Å². The van der Waals surface area contributed by atoms with Crippen molar-refractivity contribution < 1.29 is 19.8 Å². The van der Waals surface area contributed by atoms with Crippen molar-refractivity contribution in [2.45, 2.75) is 105 Å². The summed E-state index contributed by atoms with van der Waals surface area (Å²) < 4.78 is 0. The molecule has 188 valence electrons. The smallest absolute Gasteiger partial charge is 0.313 e. The lowest BCUT2D eigenvalue weighted by Gasteiger charge is -2.69. The minimum atomic E-state index is -0.704. The summed E-state index contributed by atoms with van der Waals surface area (Å²) in [5.41, 5.74) is 1.12. The fourth-order valence-electron chi connectivity index (χ4n) is 9.84. The maximum atomic E-state index is 12.7. The van der Waals surface area contributed by atoms with Crippen molar-refractivity contribution in [3.8, 4) is 0 Å². The van der Waals surface area contributed by atoms with Gasteiger partial charge in [0.05, 0.1) is 16.9 Å². The maximum absolute atomic E-state index is 12.7. The Morgan fingerprint density at radius 3 is 2.29 bits per heavy atom. The third-order valence-corrected chi connectivity index (χ3v) is 12.4. The first kappa shape index (κ1) is 24.3. The zero-order chi connectivity index (χ0) is 24.9. The minimum absolute atomic E-state index is 0.00761. The van der Waals surface area contributed by atoms with E-state index in [4.69, 9.17) is 0 Å². The number of carboxylic acids is 1. The first-order chi connectivity index (χ1) is 15.7. The fraction of sp³-hybridized carbons (Fsp3) is 0.800. The molecule has 0 spiro atoms. The molecule has 2 unspecified atom stereocenters. The summed E-state index contributed by atoms with van der Waals surface area (Å²) in [6, 6.07) is 0. The van der Waals surface area contributed by atoms with Gasteiger partial charge in [-0.15, -0.1) is 0 Å². The van der Waals surface area contributed by atoms with E-state index in [1.807, 2.05) is 6.92 Å². The van der Waals surface area contributed by atoms with Crippen LogP contribution in [-0.4, -0.2) is 28.6 Å². The summed E-state index contributed by atoms with van der Waals surface area (Å²) in [6.45, 7) is 13.8. The largest absolute Gasteiger partial charge is 0.481 e. The van der Waals surface area contributed by atoms with E-state index in [2.05, 4.69) is 46.8 Å². The summed E-state index contributed by atoms with van der Waals surface area (Å²) in [5.74, 6) is -0.155. The number of allylic oxidation sites excluding steroid dienone is 3. The molecule has 5 aliphatic carbocycles. The van der Waals surface area contributed by atoms with Crippen LogP contribution < -0.4 is 0 Å². The normalized spacial score (nSPS) is 51.6. The molecule has 4 nitrogen and oxygen atoms in total. The van der Waals surface area contributed by atoms with E-state index in [-0.39, 0.29) is 27.6 Å². The summed E-state index contributed by atoms with van der Waals surface area (Å²) >= 11 is 0.